The van der Waals surface area contributed by atoms with Crippen LogP contribution in [0, 0.1) is 5.92 Å². The van der Waals surface area contributed by atoms with Gasteiger partial charge in [-0.05, 0) is 31.0 Å². The van der Waals surface area contributed by atoms with Gasteiger partial charge in [0.15, 0.2) is 0 Å². The largest absolute Gasteiger partial charge is 0.382 e. The Bertz CT molecular complexity index is 376. The van der Waals surface area contributed by atoms with Gasteiger partial charge in [0.2, 0.25) is 5.91 Å². The van der Waals surface area contributed by atoms with Crippen LogP contribution in [0.25, 0.3) is 0 Å². The minimum Gasteiger partial charge on any atom is -0.382 e. The molecule has 0 heterocycles. The molecule has 0 aliphatic rings. The van der Waals surface area contributed by atoms with Crippen molar-refractivity contribution in [3.63, 3.8) is 0 Å². The van der Waals surface area contributed by atoms with Crippen LogP contribution < -0.4 is 10.6 Å². The van der Waals surface area contributed by atoms with Crippen LogP contribution >= 0.6 is 0 Å². The van der Waals surface area contributed by atoms with E-state index in [1.165, 1.54) is 6.92 Å². The van der Waals surface area contributed by atoms with Crippen LogP contribution in [0.5, 0.6) is 0 Å². The molecule has 3 heteroatoms. The summed E-state index contributed by atoms with van der Waals surface area (Å²) in [5, 5.41) is 6.24. The van der Waals surface area contributed by atoms with E-state index in [9.17, 15) is 4.79 Å². The molecule has 0 aromatic heterocycles. The minimum atomic E-state index is -0.0443. The molecule has 0 saturated carbocycles. The molecule has 3 nitrogen and oxygen atoms in total. The zero-order valence-electron chi connectivity index (χ0n) is 11.1. The van der Waals surface area contributed by atoms with E-state index >= 15 is 0 Å². The van der Waals surface area contributed by atoms with Crippen LogP contribution in [0.3, 0.4) is 0 Å². The Balaban J connectivity index is 2.68. The van der Waals surface area contributed by atoms with E-state index in [-0.39, 0.29) is 5.91 Å². The molecule has 1 rings (SSSR count). The Morgan fingerprint density at radius 2 is 1.94 bits per heavy atom. The summed E-state index contributed by atoms with van der Waals surface area (Å²) in [6, 6.07) is 8.23. The van der Waals surface area contributed by atoms with E-state index in [1.54, 1.807) is 0 Å². The average Bonchev–Trinajstić information content (AvgIpc) is 2.27. The van der Waals surface area contributed by atoms with Gasteiger partial charge in [0.25, 0.3) is 0 Å². The van der Waals surface area contributed by atoms with Crippen molar-refractivity contribution >= 4 is 17.3 Å². The molecule has 0 fully saturated rings. The summed E-state index contributed by atoms with van der Waals surface area (Å²) in [5.41, 5.74) is 1.88. The molecule has 94 valence electrons. The molecule has 0 radical (unpaired) electrons. The number of amides is 1. The van der Waals surface area contributed by atoms with Crippen molar-refractivity contribution in [3.05, 3.63) is 24.3 Å². The van der Waals surface area contributed by atoms with Crippen molar-refractivity contribution in [2.75, 3.05) is 10.6 Å². The second-order valence-electron chi connectivity index (χ2n) is 4.58. The molecule has 1 aromatic carbocycles. The Labute approximate surface area is 104 Å². The summed E-state index contributed by atoms with van der Waals surface area (Å²) in [7, 11) is 0. The van der Waals surface area contributed by atoms with Gasteiger partial charge in [-0.25, -0.2) is 0 Å². The van der Waals surface area contributed by atoms with Crippen molar-refractivity contribution < 1.29 is 4.79 Å². The number of carbonyl (C=O) groups excluding carboxylic acids is 1. The molecule has 1 amide bonds. The molecule has 2 N–H and O–H groups in total. The zero-order chi connectivity index (χ0) is 12.8. The minimum absolute atomic E-state index is 0.0443. The summed E-state index contributed by atoms with van der Waals surface area (Å²) >= 11 is 0. The topological polar surface area (TPSA) is 41.1 Å². The van der Waals surface area contributed by atoms with E-state index in [0.717, 1.165) is 17.8 Å². The first-order valence-corrected chi connectivity index (χ1v) is 6.17. The first-order valence-electron chi connectivity index (χ1n) is 6.17. The van der Waals surface area contributed by atoms with Crippen LogP contribution in [-0.4, -0.2) is 11.9 Å². The lowest BCUT2D eigenvalue weighted by molar-refractivity contribution is -0.114. The molecular weight excluding hydrogens is 212 g/mol. The molecule has 0 spiro atoms. The lowest BCUT2D eigenvalue weighted by Gasteiger charge is -2.21. The predicted octanol–water partition coefficient (Wildman–Crippen LogP) is 3.49. The molecule has 1 aromatic rings. The number of anilines is 2. The highest BCUT2D eigenvalue weighted by molar-refractivity contribution is 5.89. The van der Waals surface area contributed by atoms with Crippen molar-refractivity contribution in [2.45, 2.75) is 40.2 Å². The average molecular weight is 234 g/mol. The smallest absolute Gasteiger partial charge is 0.221 e. The second-order valence-corrected chi connectivity index (χ2v) is 4.58. The summed E-state index contributed by atoms with van der Waals surface area (Å²) in [6.07, 6.45) is 1.15. The maximum atomic E-state index is 11.0. The summed E-state index contributed by atoms with van der Waals surface area (Å²) < 4.78 is 0. The maximum Gasteiger partial charge on any atom is 0.221 e. The molecule has 0 bridgehead atoms. The van der Waals surface area contributed by atoms with E-state index in [1.807, 2.05) is 24.3 Å². The van der Waals surface area contributed by atoms with E-state index in [0.29, 0.717) is 12.0 Å². The Morgan fingerprint density at radius 3 is 2.53 bits per heavy atom. The molecule has 0 aliphatic carbocycles. The second kappa shape index (κ2) is 6.28. The number of hydrogen-bond acceptors (Lipinski definition) is 2. The Hall–Kier alpha value is -1.51. The number of nitrogens with one attached hydrogen (secondary N) is 2. The first-order chi connectivity index (χ1) is 8.02. The summed E-state index contributed by atoms with van der Waals surface area (Å²) in [5.74, 6) is 0.580. The van der Waals surface area contributed by atoms with Crippen molar-refractivity contribution in [2.24, 2.45) is 5.92 Å². The fraction of sp³-hybridized carbons (Fsp3) is 0.500. The zero-order valence-corrected chi connectivity index (χ0v) is 11.1. The van der Waals surface area contributed by atoms with Crippen molar-refractivity contribution in [3.8, 4) is 0 Å². The van der Waals surface area contributed by atoms with Crippen LogP contribution in [0.2, 0.25) is 0 Å². The molecule has 2 unspecified atom stereocenters. The molecule has 0 saturated heterocycles. The quantitative estimate of drug-likeness (QED) is 0.818. The summed E-state index contributed by atoms with van der Waals surface area (Å²) in [4.78, 5) is 11.0. The van der Waals surface area contributed by atoms with Crippen LogP contribution in [0.4, 0.5) is 11.4 Å². The van der Waals surface area contributed by atoms with Crippen LogP contribution in [0.15, 0.2) is 24.3 Å². The van der Waals surface area contributed by atoms with Gasteiger partial charge in [-0.15, -0.1) is 0 Å². The van der Waals surface area contributed by atoms with Crippen LogP contribution in [-0.2, 0) is 4.79 Å². The van der Waals surface area contributed by atoms with Gasteiger partial charge in [0.1, 0.15) is 0 Å². The lowest BCUT2D eigenvalue weighted by atomic mass is 10.0. The molecule has 2 atom stereocenters. The van der Waals surface area contributed by atoms with E-state index < -0.39 is 0 Å². The highest BCUT2D eigenvalue weighted by Crippen LogP contribution is 2.18. The normalized spacial score (nSPS) is 13.9. The van der Waals surface area contributed by atoms with Gasteiger partial charge in [-0.2, -0.15) is 0 Å². The maximum absolute atomic E-state index is 11.0. The lowest BCUT2D eigenvalue weighted by Crippen LogP contribution is -2.23. The Morgan fingerprint density at radius 1 is 1.29 bits per heavy atom. The Kier molecular flexibility index (Phi) is 5.01. The monoisotopic (exact) mass is 234 g/mol. The predicted molar refractivity (Wildman–Crippen MR) is 73.3 cm³/mol. The van der Waals surface area contributed by atoms with Crippen molar-refractivity contribution in [1.29, 1.82) is 0 Å². The van der Waals surface area contributed by atoms with Gasteiger partial charge in [-0.3, -0.25) is 4.79 Å². The summed E-state index contributed by atoms with van der Waals surface area (Å²) in [6.45, 7) is 8.12. The third-order valence-electron chi connectivity index (χ3n) is 3.07. The SMILES string of the molecule is CCC(C)C(C)Nc1cccc(NC(C)=O)c1. The number of rotatable bonds is 5. The van der Waals surface area contributed by atoms with Gasteiger partial charge in [0, 0.05) is 24.3 Å². The van der Waals surface area contributed by atoms with Crippen LogP contribution in [0.1, 0.15) is 34.1 Å². The fourth-order valence-electron chi connectivity index (χ4n) is 1.65. The highest BCUT2D eigenvalue weighted by Gasteiger charge is 2.09. The molecular formula is C14H22N2O. The number of carbonyl (C=O) groups is 1. The third kappa shape index (κ3) is 4.47. The number of hydrogen-bond donors (Lipinski definition) is 2. The van der Waals surface area contributed by atoms with Gasteiger partial charge in [0.05, 0.1) is 0 Å². The van der Waals surface area contributed by atoms with Crippen molar-refractivity contribution in [1.82, 2.24) is 0 Å². The van der Waals surface area contributed by atoms with Gasteiger partial charge >= 0.3 is 0 Å². The van der Waals surface area contributed by atoms with E-state index in [2.05, 4.69) is 31.4 Å². The van der Waals surface area contributed by atoms with Gasteiger partial charge in [-0.1, -0.05) is 26.3 Å². The third-order valence-corrected chi connectivity index (χ3v) is 3.07. The molecule has 0 aliphatic heterocycles. The van der Waals surface area contributed by atoms with E-state index in [4.69, 9.17) is 0 Å². The fourth-order valence-corrected chi connectivity index (χ4v) is 1.65. The number of benzene rings is 1. The molecule has 17 heavy (non-hydrogen) atoms. The standard InChI is InChI=1S/C14H22N2O/c1-5-10(2)11(3)15-13-7-6-8-14(9-13)16-12(4)17/h6-11,15H,5H2,1-4H3,(H,16,17). The first kappa shape index (κ1) is 13.6. The van der Waals surface area contributed by atoms with Gasteiger partial charge < -0.3 is 10.6 Å². The highest BCUT2D eigenvalue weighted by atomic mass is 16.1.